The molecule has 1 aromatic carbocycles. The number of aryl methyl sites for hydroxylation is 1. The van der Waals surface area contributed by atoms with Gasteiger partial charge in [-0.1, -0.05) is 28.0 Å². The van der Waals surface area contributed by atoms with Crippen LogP contribution in [-0.2, 0) is 11.8 Å². The number of nitrogens with one attached hydrogen (secondary N) is 1. The van der Waals surface area contributed by atoms with Crippen molar-refractivity contribution in [2.45, 2.75) is 37.4 Å². The van der Waals surface area contributed by atoms with Crippen molar-refractivity contribution in [3.05, 3.63) is 30.5 Å². The van der Waals surface area contributed by atoms with Crippen molar-refractivity contribution >= 4 is 44.1 Å². The summed E-state index contributed by atoms with van der Waals surface area (Å²) < 4.78 is 2.08. The van der Waals surface area contributed by atoms with E-state index >= 15 is 0 Å². The van der Waals surface area contributed by atoms with Crippen LogP contribution in [0.1, 0.15) is 32.1 Å². The first kappa shape index (κ1) is 15.8. The number of anilines is 1. The van der Waals surface area contributed by atoms with E-state index in [0.717, 1.165) is 29.2 Å². The highest BCUT2D eigenvalue weighted by atomic mass is 33.1. The Hall–Kier alpha value is -1.07. The molecule has 2 heterocycles. The molecule has 3 rings (SSSR count). The van der Waals surface area contributed by atoms with Gasteiger partial charge in [0, 0.05) is 47.3 Å². The molecular formula is C17H22N2OS2. The average molecular weight is 335 g/mol. The van der Waals surface area contributed by atoms with E-state index in [9.17, 15) is 4.79 Å². The van der Waals surface area contributed by atoms with Crippen LogP contribution in [0.2, 0.25) is 0 Å². The highest BCUT2D eigenvalue weighted by Gasteiger charge is 2.15. The Balaban J connectivity index is 1.43. The second-order valence-electron chi connectivity index (χ2n) is 5.82. The molecule has 2 aromatic rings. The van der Waals surface area contributed by atoms with Gasteiger partial charge in [-0.25, -0.2) is 0 Å². The normalized spacial score (nSPS) is 18.0. The number of hydrogen-bond acceptors (Lipinski definition) is 3. The zero-order valence-corrected chi connectivity index (χ0v) is 14.5. The summed E-state index contributed by atoms with van der Waals surface area (Å²) in [4.78, 5) is 12.0. The Labute approximate surface area is 139 Å². The molecule has 1 saturated heterocycles. The number of carbonyl (C=O) groups excluding carboxylic acids is 1. The van der Waals surface area contributed by atoms with Gasteiger partial charge in [-0.2, -0.15) is 0 Å². The second-order valence-corrected chi connectivity index (χ2v) is 8.61. The van der Waals surface area contributed by atoms with Crippen LogP contribution in [0.15, 0.2) is 30.5 Å². The van der Waals surface area contributed by atoms with Crippen LogP contribution in [0.25, 0.3) is 10.9 Å². The molecule has 0 spiro atoms. The summed E-state index contributed by atoms with van der Waals surface area (Å²) in [5.41, 5.74) is 2.08. The topological polar surface area (TPSA) is 34.0 Å². The molecule has 0 radical (unpaired) electrons. The number of nitrogens with zero attached hydrogens (tertiary/aromatic N) is 1. The molecule has 1 amide bonds. The number of hydrogen-bond donors (Lipinski definition) is 1. The van der Waals surface area contributed by atoms with Gasteiger partial charge in [0.2, 0.25) is 5.91 Å². The van der Waals surface area contributed by atoms with Crippen LogP contribution in [0.4, 0.5) is 5.69 Å². The molecule has 1 atom stereocenters. The molecule has 1 aliphatic heterocycles. The summed E-state index contributed by atoms with van der Waals surface area (Å²) in [6.07, 6.45) is 7.39. The first-order valence-electron chi connectivity index (χ1n) is 7.85. The Bertz CT molecular complexity index is 647. The molecule has 1 unspecified atom stereocenters. The average Bonchev–Trinajstić information content (AvgIpc) is 3.14. The van der Waals surface area contributed by atoms with E-state index in [1.807, 2.05) is 47.0 Å². The Morgan fingerprint density at radius 3 is 3.09 bits per heavy atom. The largest absolute Gasteiger partial charge is 0.351 e. The molecule has 0 saturated carbocycles. The molecule has 0 bridgehead atoms. The van der Waals surface area contributed by atoms with E-state index in [4.69, 9.17) is 0 Å². The minimum atomic E-state index is 0.128. The summed E-state index contributed by atoms with van der Waals surface area (Å²) in [6.45, 7) is 0. The lowest BCUT2D eigenvalue weighted by molar-refractivity contribution is -0.116. The van der Waals surface area contributed by atoms with Crippen LogP contribution >= 0.6 is 21.6 Å². The fraction of sp³-hybridized carbons (Fsp3) is 0.471. The SMILES string of the molecule is Cn1ccc2cc(NC(=O)CCCCC3CCSS3)ccc21. The lowest BCUT2D eigenvalue weighted by Gasteiger charge is -2.08. The highest BCUT2D eigenvalue weighted by Crippen LogP contribution is 2.39. The smallest absolute Gasteiger partial charge is 0.224 e. The third-order valence-electron chi connectivity index (χ3n) is 4.08. The fourth-order valence-electron chi connectivity index (χ4n) is 2.80. The number of rotatable bonds is 6. The van der Waals surface area contributed by atoms with Crippen molar-refractivity contribution in [3.63, 3.8) is 0 Å². The second kappa shape index (κ2) is 7.47. The zero-order valence-electron chi connectivity index (χ0n) is 12.9. The Kier molecular flexibility index (Phi) is 5.37. The van der Waals surface area contributed by atoms with Gasteiger partial charge in [0.25, 0.3) is 0 Å². The van der Waals surface area contributed by atoms with Crippen molar-refractivity contribution in [1.82, 2.24) is 4.57 Å². The van der Waals surface area contributed by atoms with Gasteiger partial charge < -0.3 is 9.88 Å². The predicted octanol–water partition coefficient (Wildman–Crippen LogP) is 4.83. The molecule has 118 valence electrons. The monoisotopic (exact) mass is 334 g/mol. The molecule has 22 heavy (non-hydrogen) atoms. The van der Waals surface area contributed by atoms with E-state index in [1.54, 1.807) is 0 Å². The summed E-state index contributed by atoms with van der Waals surface area (Å²) in [7, 11) is 6.04. The van der Waals surface area contributed by atoms with Gasteiger partial charge in [0.1, 0.15) is 0 Å². The van der Waals surface area contributed by atoms with Gasteiger partial charge in [0.05, 0.1) is 0 Å². The standard InChI is InChI=1S/C17H22N2OS2/c1-19-10-8-13-12-14(6-7-16(13)19)18-17(20)5-3-2-4-15-9-11-21-22-15/h6-8,10,12,15H,2-5,9,11H2,1H3,(H,18,20). The molecule has 1 fully saturated rings. The molecule has 3 nitrogen and oxygen atoms in total. The third-order valence-corrected chi connectivity index (χ3v) is 7.08. The van der Waals surface area contributed by atoms with Gasteiger partial charge in [0.15, 0.2) is 0 Å². The van der Waals surface area contributed by atoms with Crippen LogP contribution in [0, 0.1) is 0 Å². The first-order chi connectivity index (χ1) is 10.7. The van der Waals surface area contributed by atoms with Crippen LogP contribution < -0.4 is 5.32 Å². The maximum atomic E-state index is 12.0. The predicted molar refractivity (Wildman–Crippen MR) is 98.5 cm³/mol. The molecule has 1 aromatic heterocycles. The number of fused-ring (bicyclic) bond motifs is 1. The molecular weight excluding hydrogens is 312 g/mol. The van der Waals surface area contributed by atoms with Crippen molar-refractivity contribution in [2.75, 3.05) is 11.1 Å². The lowest BCUT2D eigenvalue weighted by atomic mass is 10.1. The van der Waals surface area contributed by atoms with E-state index in [-0.39, 0.29) is 5.91 Å². The lowest BCUT2D eigenvalue weighted by Crippen LogP contribution is -2.11. The minimum Gasteiger partial charge on any atom is -0.351 e. The molecule has 0 aliphatic carbocycles. The van der Waals surface area contributed by atoms with Gasteiger partial charge in [-0.05, 0) is 43.5 Å². The Morgan fingerprint density at radius 2 is 2.27 bits per heavy atom. The Morgan fingerprint density at radius 1 is 1.36 bits per heavy atom. The van der Waals surface area contributed by atoms with E-state index in [2.05, 4.69) is 22.0 Å². The van der Waals surface area contributed by atoms with Crippen molar-refractivity contribution in [1.29, 1.82) is 0 Å². The van der Waals surface area contributed by atoms with E-state index < -0.39 is 0 Å². The number of amides is 1. The zero-order chi connectivity index (χ0) is 15.4. The van der Waals surface area contributed by atoms with E-state index in [1.165, 1.54) is 24.1 Å². The maximum absolute atomic E-state index is 12.0. The van der Waals surface area contributed by atoms with Crippen LogP contribution in [-0.4, -0.2) is 21.5 Å². The van der Waals surface area contributed by atoms with E-state index in [0.29, 0.717) is 6.42 Å². The number of carbonyl (C=O) groups is 1. The summed E-state index contributed by atoms with van der Waals surface area (Å²) in [5.74, 6) is 1.42. The maximum Gasteiger partial charge on any atom is 0.224 e. The van der Waals surface area contributed by atoms with Crippen molar-refractivity contribution in [2.24, 2.45) is 7.05 Å². The first-order valence-corrected chi connectivity index (χ1v) is 10.2. The van der Waals surface area contributed by atoms with Gasteiger partial charge in [-0.3, -0.25) is 4.79 Å². The summed E-state index contributed by atoms with van der Waals surface area (Å²) in [5, 5.41) is 4.99. The molecule has 5 heteroatoms. The molecule has 1 aliphatic rings. The fourth-order valence-corrected chi connectivity index (χ4v) is 5.83. The number of benzene rings is 1. The third kappa shape index (κ3) is 4.02. The molecule has 1 N–H and O–H groups in total. The quantitative estimate of drug-likeness (QED) is 0.607. The van der Waals surface area contributed by atoms with Crippen molar-refractivity contribution < 1.29 is 4.79 Å². The van der Waals surface area contributed by atoms with Gasteiger partial charge >= 0.3 is 0 Å². The summed E-state index contributed by atoms with van der Waals surface area (Å²) >= 11 is 0. The number of aromatic nitrogens is 1. The van der Waals surface area contributed by atoms with Crippen LogP contribution in [0.3, 0.4) is 0 Å². The van der Waals surface area contributed by atoms with Gasteiger partial charge in [-0.15, -0.1) is 0 Å². The summed E-state index contributed by atoms with van der Waals surface area (Å²) in [6, 6.07) is 8.15. The minimum absolute atomic E-state index is 0.128. The highest BCUT2D eigenvalue weighted by molar-refractivity contribution is 8.77. The van der Waals surface area contributed by atoms with Crippen molar-refractivity contribution in [3.8, 4) is 0 Å². The van der Waals surface area contributed by atoms with Crippen LogP contribution in [0.5, 0.6) is 0 Å². The number of unbranched alkanes of at least 4 members (excludes halogenated alkanes) is 1.